The summed E-state index contributed by atoms with van der Waals surface area (Å²) >= 11 is 0. The van der Waals surface area contributed by atoms with Crippen LogP contribution in [0.2, 0.25) is 0 Å². The highest BCUT2D eigenvalue weighted by molar-refractivity contribution is 5.92. The molecule has 0 radical (unpaired) electrons. The standard InChI is InChI=1S/C20H31N3O2/c1-3-5-14-22-19(24)13-12-18(21-22)20(25)23(17-10-11-17)16-8-6-15(4-2)7-9-16/h12-13,15-17H,3-11,14H2,1-2H3. The van der Waals surface area contributed by atoms with Crippen molar-refractivity contribution in [2.24, 2.45) is 5.92 Å². The van der Waals surface area contributed by atoms with Gasteiger partial charge < -0.3 is 4.90 Å². The van der Waals surface area contributed by atoms with Crippen LogP contribution in [0, 0.1) is 5.92 Å². The predicted molar refractivity (Wildman–Crippen MR) is 98.6 cm³/mol. The average molecular weight is 345 g/mol. The van der Waals surface area contributed by atoms with Gasteiger partial charge in [-0.2, -0.15) is 5.10 Å². The van der Waals surface area contributed by atoms with Gasteiger partial charge in [-0.25, -0.2) is 4.68 Å². The molecule has 2 fully saturated rings. The Hall–Kier alpha value is -1.65. The summed E-state index contributed by atoms with van der Waals surface area (Å²) in [5.74, 6) is 0.842. The van der Waals surface area contributed by atoms with E-state index in [1.165, 1.54) is 30.0 Å². The van der Waals surface area contributed by atoms with Crippen LogP contribution in [0.15, 0.2) is 16.9 Å². The first-order valence-corrected chi connectivity index (χ1v) is 10.0. The van der Waals surface area contributed by atoms with Gasteiger partial charge in [0, 0.05) is 24.7 Å². The minimum absolute atomic E-state index is 0.0210. The Bertz CT molecular complexity index is 643. The monoisotopic (exact) mass is 345 g/mol. The van der Waals surface area contributed by atoms with Gasteiger partial charge in [0.1, 0.15) is 5.69 Å². The van der Waals surface area contributed by atoms with Crippen LogP contribution < -0.4 is 5.56 Å². The van der Waals surface area contributed by atoms with Crippen molar-refractivity contribution < 1.29 is 4.79 Å². The van der Waals surface area contributed by atoms with Crippen molar-refractivity contribution in [2.45, 2.75) is 90.3 Å². The van der Waals surface area contributed by atoms with E-state index in [1.807, 2.05) is 0 Å². The van der Waals surface area contributed by atoms with Crippen LogP contribution in [-0.2, 0) is 6.54 Å². The van der Waals surface area contributed by atoms with Gasteiger partial charge in [0.25, 0.3) is 11.5 Å². The van der Waals surface area contributed by atoms with Crippen molar-refractivity contribution in [1.82, 2.24) is 14.7 Å². The molecule has 0 atom stereocenters. The zero-order valence-electron chi connectivity index (χ0n) is 15.6. The minimum atomic E-state index is -0.119. The fraction of sp³-hybridized carbons (Fsp3) is 0.750. The Morgan fingerprint density at radius 3 is 2.32 bits per heavy atom. The average Bonchev–Trinajstić information content (AvgIpc) is 3.46. The lowest BCUT2D eigenvalue weighted by molar-refractivity contribution is 0.0578. The number of amides is 1. The third kappa shape index (κ3) is 4.31. The molecule has 3 rings (SSSR count). The first-order valence-electron chi connectivity index (χ1n) is 10.0. The summed E-state index contributed by atoms with van der Waals surface area (Å²) in [5, 5.41) is 4.38. The number of rotatable bonds is 7. The lowest BCUT2D eigenvalue weighted by atomic mass is 9.83. The van der Waals surface area contributed by atoms with Gasteiger partial charge in [0.05, 0.1) is 0 Å². The highest BCUT2D eigenvalue weighted by Gasteiger charge is 2.39. The van der Waals surface area contributed by atoms with E-state index in [4.69, 9.17) is 0 Å². The van der Waals surface area contributed by atoms with Crippen LogP contribution >= 0.6 is 0 Å². The first-order chi connectivity index (χ1) is 12.1. The van der Waals surface area contributed by atoms with Crippen LogP contribution in [0.25, 0.3) is 0 Å². The summed E-state index contributed by atoms with van der Waals surface area (Å²) in [5.41, 5.74) is 0.312. The smallest absolute Gasteiger partial charge is 0.274 e. The number of carbonyl (C=O) groups excluding carboxylic acids is 1. The summed E-state index contributed by atoms with van der Waals surface area (Å²) in [4.78, 5) is 27.2. The van der Waals surface area contributed by atoms with Gasteiger partial charge in [0.15, 0.2) is 0 Å². The molecular formula is C20H31N3O2. The van der Waals surface area contributed by atoms with E-state index >= 15 is 0 Å². The Morgan fingerprint density at radius 1 is 1.12 bits per heavy atom. The highest BCUT2D eigenvalue weighted by Crippen LogP contribution is 2.36. The molecule has 5 heteroatoms. The predicted octanol–water partition coefficient (Wildman–Crippen LogP) is 3.62. The molecular weight excluding hydrogens is 314 g/mol. The van der Waals surface area contributed by atoms with E-state index in [9.17, 15) is 9.59 Å². The largest absolute Gasteiger partial charge is 0.331 e. The molecule has 138 valence electrons. The molecule has 1 heterocycles. The van der Waals surface area contributed by atoms with Crippen molar-refractivity contribution in [1.29, 1.82) is 0 Å². The van der Waals surface area contributed by atoms with Crippen LogP contribution in [0.3, 0.4) is 0 Å². The lowest BCUT2D eigenvalue weighted by Gasteiger charge is -2.37. The second kappa shape index (κ2) is 8.15. The lowest BCUT2D eigenvalue weighted by Crippen LogP contribution is -2.44. The van der Waals surface area contributed by atoms with E-state index in [1.54, 1.807) is 6.07 Å². The molecule has 0 N–H and O–H groups in total. The second-order valence-electron chi connectivity index (χ2n) is 7.66. The maximum Gasteiger partial charge on any atom is 0.274 e. The third-order valence-electron chi connectivity index (χ3n) is 5.77. The van der Waals surface area contributed by atoms with E-state index in [0.29, 0.717) is 24.3 Å². The maximum atomic E-state index is 13.2. The molecule has 2 saturated carbocycles. The van der Waals surface area contributed by atoms with Gasteiger partial charge in [-0.05, 0) is 56.9 Å². The molecule has 0 aliphatic heterocycles. The first kappa shape index (κ1) is 18.2. The summed E-state index contributed by atoms with van der Waals surface area (Å²) in [7, 11) is 0. The summed E-state index contributed by atoms with van der Waals surface area (Å²) in [6, 6.07) is 3.84. The van der Waals surface area contributed by atoms with Gasteiger partial charge in [0.2, 0.25) is 0 Å². The maximum absolute atomic E-state index is 13.2. The van der Waals surface area contributed by atoms with Gasteiger partial charge in [-0.15, -0.1) is 0 Å². The van der Waals surface area contributed by atoms with Crippen LogP contribution in [0.1, 0.15) is 82.1 Å². The Kier molecular flexibility index (Phi) is 5.92. The minimum Gasteiger partial charge on any atom is -0.331 e. The Morgan fingerprint density at radius 2 is 1.76 bits per heavy atom. The molecule has 0 unspecified atom stereocenters. The van der Waals surface area contributed by atoms with E-state index < -0.39 is 0 Å². The molecule has 5 nitrogen and oxygen atoms in total. The summed E-state index contributed by atoms with van der Waals surface area (Å²) in [6.07, 6.45) is 10.0. The van der Waals surface area contributed by atoms with Crippen LogP contribution in [0.5, 0.6) is 0 Å². The zero-order valence-corrected chi connectivity index (χ0v) is 15.6. The fourth-order valence-electron chi connectivity index (χ4n) is 3.98. The van der Waals surface area contributed by atoms with Gasteiger partial charge in [-0.1, -0.05) is 26.7 Å². The highest BCUT2D eigenvalue weighted by atomic mass is 16.2. The molecule has 0 saturated heterocycles. The molecule has 0 bridgehead atoms. The second-order valence-corrected chi connectivity index (χ2v) is 7.66. The fourth-order valence-corrected chi connectivity index (χ4v) is 3.98. The van der Waals surface area contributed by atoms with E-state index in [-0.39, 0.29) is 11.5 Å². The van der Waals surface area contributed by atoms with Crippen molar-refractivity contribution in [3.63, 3.8) is 0 Å². The van der Waals surface area contributed by atoms with Crippen molar-refractivity contribution in [3.05, 3.63) is 28.2 Å². The number of aromatic nitrogens is 2. The Balaban J connectivity index is 1.76. The van der Waals surface area contributed by atoms with Crippen molar-refractivity contribution >= 4 is 5.91 Å². The molecule has 1 aromatic rings. The molecule has 0 aromatic carbocycles. The molecule has 1 amide bonds. The molecule has 2 aliphatic carbocycles. The number of hydrogen-bond donors (Lipinski definition) is 0. The Labute approximate surface area is 150 Å². The number of hydrogen-bond acceptors (Lipinski definition) is 3. The molecule has 0 spiro atoms. The van der Waals surface area contributed by atoms with E-state index in [2.05, 4.69) is 23.8 Å². The van der Waals surface area contributed by atoms with Crippen LogP contribution in [0.4, 0.5) is 0 Å². The molecule has 25 heavy (non-hydrogen) atoms. The number of aryl methyl sites for hydroxylation is 1. The summed E-state index contributed by atoms with van der Waals surface area (Å²) in [6.45, 7) is 4.93. The van der Waals surface area contributed by atoms with Crippen molar-refractivity contribution in [3.8, 4) is 0 Å². The SMILES string of the molecule is CCCCn1nc(C(=O)N(C2CCC(CC)CC2)C2CC2)ccc1=O. The normalized spacial score (nSPS) is 23.4. The number of nitrogens with zero attached hydrogens (tertiary/aromatic N) is 3. The molecule has 1 aromatic heterocycles. The quantitative estimate of drug-likeness (QED) is 0.758. The van der Waals surface area contributed by atoms with E-state index in [0.717, 1.165) is 44.4 Å². The van der Waals surface area contributed by atoms with Gasteiger partial charge >= 0.3 is 0 Å². The van der Waals surface area contributed by atoms with Gasteiger partial charge in [-0.3, -0.25) is 9.59 Å². The molecule has 2 aliphatic rings. The topological polar surface area (TPSA) is 55.2 Å². The van der Waals surface area contributed by atoms with Crippen LogP contribution in [-0.4, -0.2) is 32.7 Å². The number of carbonyl (C=O) groups is 1. The summed E-state index contributed by atoms with van der Waals surface area (Å²) < 4.78 is 1.45. The van der Waals surface area contributed by atoms with Crippen molar-refractivity contribution in [2.75, 3.05) is 0 Å². The zero-order chi connectivity index (χ0) is 17.8. The number of unbranched alkanes of at least 4 members (excludes halogenated alkanes) is 1. The third-order valence-corrected chi connectivity index (χ3v) is 5.77.